The van der Waals surface area contributed by atoms with Crippen molar-refractivity contribution >= 4 is 17.3 Å². The second kappa shape index (κ2) is 5.92. The summed E-state index contributed by atoms with van der Waals surface area (Å²) in [5.41, 5.74) is 4.89. The van der Waals surface area contributed by atoms with Gasteiger partial charge in [0.2, 0.25) is 0 Å². The first-order valence-electron chi connectivity index (χ1n) is 6.27. The molecule has 0 aliphatic carbocycles. The maximum absolute atomic E-state index is 6.21. The summed E-state index contributed by atoms with van der Waals surface area (Å²) in [5.74, 6) is 0. The monoisotopic (exact) mass is 259 g/mol. The van der Waals surface area contributed by atoms with Gasteiger partial charge in [-0.3, -0.25) is 0 Å². The molecule has 1 nitrogen and oxygen atoms in total. The predicted octanol–water partition coefficient (Wildman–Crippen LogP) is 4.82. The summed E-state index contributed by atoms with van der Waals surface area (Å²) in [4.78, 5) is 0. The molecule has 0 unspecified atom stereocenters. The molecule has 94 valence electrons. The molecule has 0 fully saturated rings. The topological polar surface area (TPSA) is 12.0 Å². The lowest BCUT2D eigenvalue weighted by atomic mass is 10.1. The molecule has 2 aromatic rings. The van der Waals surface area contributed by atoms with Crippen LogP contribution in [0.25, 0.3) is 0 Å². The Morgan fingerprint density at radius 2 is 1.78 bits per heavy atom. The average molecular weight is 260 g/mol. The summed E-state index contributed by atoms with van der Waals surface area (Å²) >= 11 is 6.21. The minimum Gasteiger partial charge on any atom is -0.380 e. The Hall–Kier alpha value is -1.47. The van der Waals surface area contributed by atoms with E-state index >= 15 is 0 Å². The van der Waals surface area contributed by atoms with Crippen molar-refractivity contribution in [3.05, 3.63) is 64.2 Å². The van der Waals surface area contributed by atoms with Crippen molar-refractivity contribution < 1.29 is 0 Å². The number of nitrogens with one attached hydrogen (secondary N) is 1. The van der Waals surface area contributed by atoms with Crippen molar-refractivity contribution in [3.8, 4) is 0 Å². The zero-order valence-corrected chi connectivity index (χ0v) is 11.6. The van der Waals surface area contributed by atoms with Crippen LogP contribution in [0.5, 0.6) is 0 Å². The van der Waals surface area contributed by atoms with E-state index in [1.807, 2.05) is 19.1 Å². The van der Waals surface area contributed by atoms with Gasteiger partial charge in [-0.25, -0.2) is 0 Å². The summed E-state index contributed by atoms with van der Waals surface area (Å²) in [7, 11) is 0. The van der Waals surface area contributed by atoms with Gasteiger partial charge in [-0.1, -0.05) is 48.9 Å². The molecule has 0 saturated heterocycles. The van der Waals surface area contributed by atoms with E-state index in [-0.39, 0.29) is 0 Å². The minimum absolute atomic E-state index is 0.781. The Morgan fingerprint density at radius 1 is 1.06 bits per heavy atom. The van der Waals surface area contributed by atoms with E-state index in [4.69, 9.17) is 11.6 Å². The molecule has 0 heterocycles. The standard InChI is InChI=1S/C16H18ClN/c1-3-13-6-4-5-7-14(13)11-18-16-9-8-12(2)10-15(16)17/h4-10,18H,3,11H2,1-2H3. The van der Waals surface area contributed by atoms with Crippen LogP contribution < -0.4 is 5.32 Å². The number of hydrogen-bond donors (Lipinski definition) is 1. The van der Waals surface area contributed by atoms with Crippen molar-refractivity contribution in [3.63, 3.8) is 0 Å². The maximum Gasteiger partial charge on any atom is 0.0640 e. The first-order valence-corrected chi connectivity index (χ1v) is 6.65. The quantitative estimate of drug-likeness (QED) is 0.830. The Morgan fingerprint density at radius 3 is 2.44 bits per heavy atom. The van der Waals surface area contributed by atoms with Crippen LogP contribution in [0, 0.1) is 6.92 Å². The molecule has 0 aliphatic heterocycles. The largest absolute Gasteiger partial charge is 0.380 e. The molecule has 0 radical (unpaired) electrons. The molecule has 0 atom stereocenters. The van der Waals surface area contributed by atoms with Crippen LogP contribution in [0.3, 0.4) is 0 Å². The Bertz CT molecular complexity index is 534. The van der Waals surface area contributed by atoms with E-state index in [1.54, 1.807) is 0 Å². The van der Waals surface area contributed by atoms with Crippen LogP contribution in [0.1, 0.15) is 23.6 Å². The molecule has 0 aliphatic rings. The second-order valence-electron chi connectivity index (χ2n) is 4.46. The second-order valence-corrected chi connectivity index (χ2v) is 4.87. The van der Waals surface area contributed by atoms with Gasteiger partial charge in [-0.2, -0.15) is 0 Å². The van der Waals surface area contributed by atoms with Gasteiger partial charge in [0.05, 0.1) is 10.7 Å². The third-order valence-electron chi connectivity index (χ3n) is 3.09. The summed E-state index contributed by atoms with van der Waals surface area (Å²) in [6, 6.07) is 14.6. The van der Waals surface area contributed by atoms with Crippen molar-refractivity contribution in [2.75, 3.05) is 5.32 Å². The van der Waals surface area contributed by atoms with E-state index in [0.29, 0.717) is 0 Å². The van der Waals surface area contributed by atoms with Crippen molar-refractivity contribution in [1.29, 1.82) is 0 Å². The zero-order chi connectivity index (χ0) is 13.0. The lowest BCUT2D eigenvalue weighted by molar-refractivity contribution is 1.04. The number of benzene rings is 2. The van der Waals surface area contributed by atoms with Crippen molar-refractivity contribution in [1.82, 2.24) is 0 Å². The fourth-order valence-corrected chi connectivity index (χ4v) is 2.33. The van der Waals surface area contributed by atoms with Gasteiger partial charge in [-0.05, 0) is 42.2 Å². The van der Waals surface area contributed by atoms with Crippen LogP contribution in [0.15, 0.2) is 42.5 Å². The third-order valence-corrected chi connectivity index (χ3v) is 3.41. The molecule has 0 spiro atoms. The lowest BCUT2D eigenvalue weighted by Crippen LogP contribution is -2.02. The molecule has 0 saturated carbocycles. The molecule has 0 bridgehead atoms. The third kappa shape index (κ3) is 3.05. The number of aryl methyl sites for hydroxylation is 2. The Labute approximate surface area is 114 Å². The SMILES string of the molecule is CCc1ccccc1CNc1ccc(C)cc1Cl. The molecule has 1 N–H and O–H groups in total. The van der Waals surface area contributed by atoms with E-state index in [0.717, 1.165) is 23.7 Å². The minimum atomic E-state index is 0.781. The molecular weight excluding hydrogens is 242 g/mol. The Balaban J connectivity index is 2.11. The number of hydrogen-bond acceptors (Lipinski definition) is 1. The highest BCUT2D eigenvalue weighted by Gasteiger charge is 2.02. The average Bonchev–Trinajstić information content (AvgIpc) is 2.38. The van der Waals surface area contributed by atoms with Gasteiger partial charge in [0.15, 0.2) is 0 Å². The highest BCUT2D eigenvalue weighted by Crippen LogP contribution is 2.23. The molecule has 2 aromatic carbocycles. The predicted molar refractivity (Wildman–Crippen MR) is 79.3 cm³/mol. The number of rotatable bonds is 4. The molecule has 2 heteroatoms. The summed E-state index contributed by atoms with van der Waals surface area (Å²) in [6.45, 7) is 5.03. The molecule has 0 aromatic heterocycles. The van der Waals surface area contributed by atoms with Crippen LogP contribution in [-0.4, -0.2) is 0 Å². The van der Waals surface area contributed by atoms with Gasteiger partial charge in [0, 0.05) is 6.54 Å². The van der Waals surface area contributed by atoms with Crippen molar-refractivity contribution in [2.24, 2.45) is 0 Å². The van der Waals surface area contributed by atoms with E-state index in [1.165, 1.54) is 16.7 Å². The molecule has 18 heavy (non-hydrogen) atoms. The smallest absolute Gasteiger partial charge is 0.0640 e. The van der Waals surface area contributed by atoms with Crippen molar-refractivity contribution in [2.45, 2.75) is 26.8 Å². The van der Waals surface area contributed by atoms with E-state index < -0.39 is 0 Å². The van der Waals surface area contributed by atoms with E-state index in [9.17, 15) is 0 Å². The number of halogens is 1. The van der Waals surface area contributed by atoms with Gasteiger partial charge in [0.25, 0.3) is 0 Å². The van der Waals surface area contributed by atoms with Gasteiger partial charge < -0.3 is 5.32 Å². The number of anilines is 1. The first-order chi connectivity index (χ1) is 8.70. The normalized spacial score (nSPS) is 10.4. The first kappa shape index (κ1) is 13.0. The summed E-state index contributed by atoms with van der Waals surface area (Å²) in [6.07, 6.45) is 1.06. The van der Waals surface area contributed by atoms with Crippen LogP contribution in [0.2, 0.25) is 5.02 Å². The fourth-order valence-electron chi connectivity index (χ4n) is 2.03. The lowest BCUT2D eigenvalue weighted by Gasteiger charge is -2.11. The van der Waals surface area contributed by atoms with Gasteiger partial charge in [0.1, 0.15) is 0 Å². The van der Waals surface area contributed by atoms with Crippen LogP contribution in [-0.2, 0) is 13.0 Å². The highest BCUT2D eigenvalue weighted by molar-refractivity contribution is 6.33. The van der Waals surface area contributed by atoms with Gasteiger partial charge in [-0.15, -0.1) is 0 Å². The molecule has 0 amide bonds. The van der Waals surface area contributed by atoms with Crippen LogP contribution >= 0.6 is 11.6 Å². The molecule has 2 rings (SSSR count). The summed E-state index contributed by atoms with van der Waals surface area (Å²) in [5, 5.41) is 4.18. The maximum atomic E-state index is 6.21. The van der Waals surface area contributed by atoms with E-state index in [2.05, 4.69) is 42.6 Å². The zero-order valence-electron chi connectivity index (χ0n) is 10.8. The summed E-state index contributed by atoms with van der Waals surface area (Å²) < 4.78 is 0. The highest BCUT2D eigenvalue weighted by atomic mass is 35.5. The fraction of sp³-hybridized carbons (Fsp3) is 0.250. The molecular formula is C16H18ClN. The van der Waals surface area contributed by atoms with Crippen LogP contribution in [0.4, 0.5) is 5.69 Å². The Kier molecular flexibility index (Phi) is 4.27. The van der Waals surface area contributed by atoms with Gasteiger partial charge >= 0.3 is 0 Å².